The van der Waals surface area contributed by atoms with Crippen molar-refractivity contribution in [2.75, 3.05) is 12.4 Å². The predicted molar refractivity (Wildman–Crippen MR) is 92.4 cm³/mol. The minimum atomic E-state index is -0.499. The molecule has 2 rings (SSSR count). The fourth-order valence-corrected chi connectivity index (χ4v) is 3.27. The van der Waals surface area contributed by atoms with Gasteiger partial charge in [-0.3, -0.25) is 9.59 Å². The van der Waals surface area contributed by atoms with E-state index in [0.717, 1.165) is 12.0 Å². The molecule has 0 aliphatic heterocycles. The maximum absolute atomic E-state index is 12.4. The molecule has 1 aliphatic rings. The van der Waals surface area contributed by atoms with Gasteiger partial charge in [-0.2, -0.15) is 0 Å². The molecule has 1 saturated carbocycles. The molecule has 23 heavy (non-hydrogen) atoms. The van der Waals surface area contributed by atoms with E-state index in [1.807, 2.05) is 6.92 Å². The highest BCUT2D eigenvalue weighted by molar-refractivity contribution is 6.00. The second-order valence-corrected chi connectivity index (χ2v) is 6.39. The quantitative estimate of drug-likeness (QED) is 0.780. The Hall–Kier alpha value is -1.88. The third-order valence-electron chi connectivity index (χ3n) is 4.71. The molecule has 0 aromatic heterocycles. The summed E-state index contributed by atoms with van der Waals surface area (Å²) in [5.41, 5.74) is 8.04. The number of hydrogen-bond donors (Lipinski definition) is 3. The van der Waals surface area contributed by atoms with Gasteiger partial charge in [0, 0.05) is 18.3 Å². The number of nitrogens with one attached hydrogen (secondary N) is 2. The first-order chi connectivity index (χ1) is 11.0. The zero-order chi connectivity index (χ0) is 16.8. The Morgan fingerprint density at radius 3 is 2.61 bits per heavy atom. The molecule has 1 aromatic carbocycles. The lowest BCUT2D eigenvalue weighted by molar-refractivity contribution is -0.117. The molecule has 1 aromatic rings. The van der Waals surface area contributed by atoms with Crippen molar-refractivity contribution < 1.29 is 9.59 Å². The predicted octanol–water partition coefficient (Wildman–Crippen LogP) is 2.59. The van der Waals surface area contributed by atoms with E-state index in [4.69, 9.17) is 5.73 Å². The van der Waals surface area contributed by atoms with Gasteiger partial charge in [0.25, 0.3) is 5.91 Å². The fourth-order valence-electron chi connectivity index (χ4n) is 3.27. The van der Waals surface area contributed by atoms with Gasteiger partial charge in [0.1, 0.15) is 0 Å². The lowest BCUT2D eigenvalue weighted by atomic mass is 9.85. The minimum absolute atomic E-state index is 0.162. The summed E-state index contributed by atoms with van der Waals surface area (Å²) in [5.74, 6) is 0.223. The Morgan fingerprint density at radius 1 is 1.26 bits per heavy atom. The van der Waals surface area contributed by atoms with Crippen molar-refractivity contribution in [3.8, 4) is 0 Å². The van der Waals surface area contributed by atoms with Gasteiger partial charge in [-0.15, -0.1) is 0 Å². The average molecular weight is 317 g/mol. The number of carbonyl (C=O) groups is 2. The summed E-state index contributed by atoms with van der Waals surface area (Å²) in [6.45, 7) is 1.83. The van der Waals surface area contributed by atoms with Gasteiger partial charge in [0.05, 0.1) is 6.04 Å². The summed E-state index contributed by atoms with van der Waals surface area (Å²) >= 11 is 0. The van der Waals surface area contributed by atoms with Crippen LogP contribution in [0.4, 0.5) is 5.69 Å². The molecule has 0 bridgehead atoms. The standard InChI is InChI=1S/C18H27N3O2/c1-12-14(17(22)20-2)9-6-10-16(12)21-18(23)15(19)11-13-7-4-3-5-8-13/h6,9-10,13,15H,3-5,7-8,11,19H2,1-2H3,(H,20,22)(H,21,23). The topological polar surface area (TPSA) is 84.2 Å². The van der Waals surface area contributed by atoms with Gasteiger partial charge >= 0.3 is 0 Å². The lowest BCUT2D eigenvalue weighted by Gasteiger charge is -2.24. The second kappa shape index (κ2) is 8.11. The molecule has 126 valence electrons. The highest BCUT2D eigenvalue weighted by atomic mass is 16.2. The van der Waals surface area contributed by atoms with Gasteiger partial charge < -0.3 is 16.4 Å². The summed E-state index contributed by atoms with van der Waals surface area (Å²) in [7, 11) is 1.59. The molecule has 1 unspecified atom stereocenters. The van der Waals surface area contributed by atoms with Crippen LogP contribution in [-0.2, 0) is 4.79 Å². The largest absolute Gasteiger partial charge is 0.355 e. The Balaban J connectivity index is 2.00. The zero-order valence-corrected chi connectivity index (χ0v) is 14.0. The molecule has 0 radical (unpaired) electrons. The van der Waals surface area contributed by atoms with E-state index in [-0.39, 0.29) is 11.8 Å². The van der Waals surface area contributed by atoms with Gasteiger partial charge in [0.15, 0.2) is 0 Å². The molecule has 0 heterocycles. The van der Waals surface area contributed by atoms with Crippen molar-refractivity contribution in [1.82, 2.24) is 5.32 Å². The summed E-state index contributed by atoms with van der Waals surface area (Å²) in [6.07, 6.45) is 6.86. The van der Waals surface area contributed by atoms with Crippen LogP contribution < -0.4 is 16.4 Å². The maximum Gasteiger partial charge on any atom is 0.251 e. The minimum Gasteiger partial charge on any atom is -0.355 e. The Kier molecular flexibility index (Phi) is 6.16. The highest BCUT2D eigenvalue weighted by Crippen LogP contribution is 2.27. The zero-order valence-electron chi connectivity index (χ0n) is 14.0. The van der Waals surface area contributed by atoms with Gasteiger partial charge in [0.2, 0.25) is 5.91 Å². The Bertz CT molecular complexity index is 565. The van der Waals surface area contributed by atoms with Gasteiger partial charge in [-0.25, -0.2) is 0 Å². The first-order valence-electron chi connectivity index (χ1n) is 8.41. The number of amides is 2. The van der Waals surface area contributed by atoms with Crippen LogP contribution in [0.15, 0.2) is 18.2 Å². The molecule has 0 spiro atoms. The number of rotatable bonds is 5. The van der Waals surface area contributed by atoms with E-state index in [2.05, 4.69) is 10.6 Å². The van der Waals surface area contributed by atoms with Crippen molar-refractivity contribution in [1.29, 1.82) is 0 Å². The van der Waals surface area contributed by atoms with E-state index in [0.29, 0.717) is 17.2 Å². The number of hydrogen-bond acceptors (Lipinski definition) is 3. The molecule has 5 heteroatoms. The molecular formula is C18H27N3O2. The molecule has 1 fully saturated rings. The number of carbonyl (C=O) groups excluding carboxylic acids is 2. The molecule has 5 nitrogen and oxygen atoms in total. The fraction of sp³-hybridized carbons (Fsp3) is 0.556. The molecular weight excluding hydrogens is 290 g/mol. The first-order valence-corrected chi connectivity index (χ1v) is 8.41. The van der Waals surface area contributed by atoms with Crippen LogP contribution in [0.2, 0.25) is 0 Å². The van der Waals surface area contributed by atoms with E-state index >= 15 is 0 Å². The van der Waals surface area contributed by atoms with E-state index < -0.39 is 6.04 Å². The van der Waals surface area contributed by atoms with Crippen LogP contribution >= 0.6 is 0 Å². The van der Waals surface area contributed by atoms with Crippen molar-refractivity contribution in [3.05, 3.63) is 29.3 Å². The SMILES string of the molecule is CNC(=O)c1cccc(NC(=O)C(N)CC2CCCCC2)c1C. The van der Waals surface area contributed by atoms with Crippen LogP contribution in [0.3, 0.4) is 0 Å². The van der Waals surface area contributed by atoms with E-state index in [9.17, 15) is 9.59 Å². The third-order valence-corrected chi connectivity index (χ3v) is 4.71. The normalized spacial score (nSPS) is 16.7. The lowest BCUT2D eigenvalue weighted by Crippen LogP contribution is -2.37. The van der Waals surface area contributed by atoms with Crippen molar-refractivity contribution in [3.63, 3.8) is 0 Å². The van der Waals surface area contributed by atoms with Crippen molar-refractivity contribution in [2.24, 2.45) is 11.7 Å². The third kappa shape index (κ3) is 4.55. The highest BCUT2D eigenvalue weighted by Gasteiger charge is 2.22. The maximum atomic E-state index is 12.4. The van der Waals surface area contributed by atoms with Crippen LogP contribution in [0.5, 0.6) is 0 Å². The van der Waals surface area contributed by atoms with E-state index in [1.165, 1.54) is 32.1 Å². The molecule has 0 saturated heterocycles. The first kappa shape index (κ1) is 17.5. The summed E-state index contributed by atoms with van der Waals surface area (Å²) < 4.78 is 0. The van der Waals surface area contributed by atoms with Crippen molar-refractivity contribution in [2.45, 2.75) is 51.5 Å². The number of anilines is 1. The molecule has 1 atom stereocenters. The van der Waals surface area contributed by atoms with Crippen molar-refractivity contribution >= 4 is 17.5 Å². The number of benzene rings is 1. The summed E-state index contributed by atoms with van der Waals surface area (Å²) in [5, 5.41) is 5.48. The van der Waals surface area contributed by atoms with Crippen LogP contribution in [0, 0.1) is 12.8 Å². The monoisotopic (exact) mass is 317 g/mol. The van der Waals surface area contributed by atoms with Crippen LogP contribution in [0.1, 0.15) is 54.4 Å². The Labute approximate surface area is 138 Å². The summed E-state index contributed by atoms with van der Waals surface area (Å²) in [6, 6.07) is 4.81. The van der Waals surface area contributed by atoms with Gasteiger partial charge in [-0.05, 0) is 37.0 Å². The smallest absolute Gasteiger partial charge is 0.251 e. The molecule has 2 amide bonds. The Morgan fingerprint density at radius 2 is 1.96 bits per heavy atom. The molecule has 4 N–H and O–H groups in total. The second-order valence-electron chi connectivity index (χ2n) is 6.39. The summed E-state index contributed by atoms with van der Waals surface area (Å²) in [4.78, 5) is 24.2. The van der Waals surface area contributed by atoms with Crippen LogP contribution in [-0.4, -0.2) is 24.9 Å². The number of nitrogens with two attached hydrogens (primary N) is 1. The molecule has 1 aliphatic carbocycles. The van der Waals surface area contributed by atoms with E-state index in [1.54, 1.807) is 25.2 Å². The van der Waals surface area contributed by atoms with Gasteiger partial charge in [-0.1, -0.05) is 38.2 Å². The average Bonchev–Trinajstić information content (AvgIpc) is 2.57. The van der Waals surface area contributed by atoms with Crippen LogP contribution in [0.25, 0.3) is 0 Å².